The molecule has 1 saturated heterocycles. The van der Waals surface area contributed by atoms with Gasteiger partial charge in [-0.15, -0.1) is 0 Å². The minimum absolute atomic E-state index is 0.0781. The first-order chi connectivity index (χ1) is 9.75. The minimum atomic E-state index is -0.160. The van der Waals surface area contributed by atoms with Gasteiger partial charge in [-0.3, -0.25) is 9.59 Å². The lowest BCUT2D eigenvalue weighted by atomic mass is 9.83. The van der Waals surface area contributed by atoms with Gasteiger partial charge in [-0.25, -0.2) is 0 Å². The number of aromatic nitrogens is 1. The zero-order valence-electron chi connectivity index (χ0n) is 11.8. The molecule has 0 spiro atoms. The molecule has 1 atom stereocenters. The van der Waals surface area contributed by atoms with Crippen molar-refractivity contribution >= 4 is 5.91 Å². The monoisotopic (exact) mass is 274 g/mol. The molecule has 1 amide bonds. The number of rotatable bonds is 2. The average molecular weight is 274 g/mol. The number of aromatic amines is 1. The van der Waals surface area contributed by atoms with Crippen LogP contribution in [0, 0.1) is 5.92 Å². The molecule has 1 aliphatic heterocycles. The van der Waals surface area contributed by atoms with E-state index < -0.39 is 0 Å². The number of carbonyl (C=O) groups excluding carboxylic acids is 1. The Morgan fingerprint density at radius 2 is 1.90 bits per heavy atom. The van der Waals surface area contributed by atoms with E-state index in [0.717, 1.165) is 19.4 Å². The van der Waals surface area contributed by atoms with Crippen molar-refractivity contribution in [3.8, 4) is 0 Å². The molecule has 1 aliphatic carbocycles. The molecule has 0 radical (unpaired) electrons. The molecule has 1 unspecified atom stereocenters. The van der Waals surface area contributed by atoms with Gasteiger partial charge in [0.25, 0.3) is 5.91 Å². The van der Waals surface area contributed by atoms with Gasteiger partial charge < -0.3 is 9.88 Å². The highest BCUT2D eigenvalue weighted by atomic mass is 16.2. The highest BCUT2D eigenvalue weighted by molar-refractivity contribution is 5.94. The lowest BCUT2D eigenvalue weighted by molar-refractivity contribution is 0.0661. The summed E-state index contributed by atoms with van der Waals surface area (Å²) in [7, 11) is 0. The van der Waals surface area contributed by atoms with Gasteiger partial charge >= 0.3 is 0 Å². The Bertz CT molecular complexity index is 511. The summed E-state index contributed by atoms with van der Waals surface area (Å²) in [6.45, 7) is 0.860. The van der Waals surface area contributed by atoms with Crippen LogP contribution in [0.3, 0.4) is 0 Å². The Morgan fingerprint density at radius 1 is 1.10 bits per heavy atom. The molecular weight excluding hydrogens is 252 g/mol. The normalized spacial score (nSPS) is 24.0. The number of likely N-dealkylation sites (tertiary alicyclic amines) is 1. The van der Waals surface area contributed by atoms with E-state index in [9.17, 15) is 9.59 Å². The molecule has 1 aromatic heterocycles. The predicted molar refractivity (Wildman–Crippen MR) is 77.7 cm³/mol. The summed E-state index contributed by atoms with van der Waals surface area (Å²) in [5.41, 5.74) is 0.444. The zero-order chi connectivity index (χ0) is 13.9. The molecule has 4 heteroatoms. The molecule has 2 fully saturated rings. The van der Waals surface area contributed by atoms with Crippen molar-refractivity contribution in [2.45, 2.75) is 51.0 Å². The fourth-order valence-electron chi connectivity index (χ4n) is 3.76. The lowest BCUT2D eigenvalue weighted by Gasteiger charge is -2.34. The lowest BCUT2D eigenvalue weighted by Crippen LogP contribution is -2.40. The van der Waals surface area contributed by atoms with Crippen molar-refractivity contribution in [3.63, 3.8) is 0 Å². The standard InChI is InChI=1S/C16H22N2O2/c19-15-9-8-13(11-17-15)16(20)18-10-4-7-14(18)12-5-2-1-3-6-12/h8-9,11-12,14H,1-7,10H2,(H,17,19). The molecule has 2 aliphatic rings. The molecular formula is C16H22N2O2. The molecule has 1 saturated carbocycles. The second-order valence-electron chi connectivity index (χ2n) is 6.05. The topological polar surface area (TPSA) is 53.2 Å². The van der Waals surface area contributed by atoms with Gasteiger partial charge in [0.1, 0.15) is 0 Å². The third-order valence-corrected chi connectivity index (χ3v) is 4.79. The molecule has 1 N–H and O–H groups in total. The summed E-state index contributed by atoms with van der Waals surface area (Å²) in [5, 5.41) is 0. The minimum Gasteiger partial charge on any atom is -0.335 e. The van der Waals surface area contributed by atoms with Crippen LogP contribution < -0.4 is 5.56 Å². The molecule has 2 heterocycles. The zero-order valence-corrected chi connectivity index (χ0v) is 11.8. The van der Waals surface area contributed by atoms with E-state index >= 15 is 0 Å². The number of H-pyrrole nitrogens is 1. The molecule has 1 aromatic rings. The van der Waals surface area contributed by atoms with Crippen molar-refractivity contribution in [1.82, 2.24) is 9.88 Å². The molecule has 108 valence electrons. The maximum Gasteiger partial charge on any atom is 0.255 e. The summed E-state index contributed by atoms with van der Waals surface area (Å²) in [6, 6.07) is 3.48. The fourth-order valence-corrected chi connectivity index (χ4v) is 3.76. The van der Waals surface area contributed by atoms with Gasteiger partial charge in [-0.05, 0) is 37.7 Å². The number of carbonyl (C=O) groups is 1. The van der Waals surface area contributed by atoms with Crippen molar-refractivity contribution < 1.29 is 4.79 Å². The van der Waals surface area contributed by atoms with Gasteiger partial charge in [0.2, 0.25) is 5.56 Å². The third-order valence-electron chi connectivity index (χ3n) is 4.79. The van der Waals surface area contributed by atoms with Crippen LogP contribution in [0.25, 0.3) is 0 Å². The highest BCUT2D eigenvalue weighted by Crippen LogP contribution is 2.34. The van der Waals surface area contributed by atoms with Gasteiger partial charge in [0, 0.05) is 24.8 Å². The van der Waals surface area contributed by atoms with Crippen LogP contribution in [0.2, 0.25) is 0 Å². The fraction of sp³-hybridized carbons (Fsp3) is 0.625. The van der Waals surface area contributed by atoms with Gasteiger partial charge in [0.05, 0.1) is 5.56 Å². The molecule has 20 heavy (non-hydrogen) atoms. The number of hydrogen-bond donors (Lipinski definition) is 1. The van der Waals surface area contributed by atoms with E-state index in [0.29, 0.717) is 17.5 Å². The first-order valence-electron chi connectivity index (χ1n) is 7.75. The second-order valence-corrected chi connectivity index (χ2v) is 6.05. The van der Waals surface area contributed by atoms with Crippen molar-refractivity contribution in [2.75, 3.05) is 6.54 Å². The third kappa shape index (κ3) is 2.65. The molecule has 3 rings (SSSR count). The molecule has 0 bridgehead atoms. The largest absolute Gasteiger partial charge is 0.335 e. The maximum absolute atomic E-state index is 12.6. The SMILES string of the molecule is O=C(c1ccc(=O)[nH]c1)N1CCCC1C1CCCCC1. The Hall–Kier alpha value is -1.58. The Morgan fingerprint density at radius 3 is 2.60 bits per heavy atom. The van der Waals surface area contributed by atoms with Crippen LogP contribution in [-0.2, 0) is 0 Å². The summed E-state index contributed by atoms with van der Waals surface area (Å²) >= 11 is 0. The Kier molecular flexibility index (Phi) is 3.90. The second kappa shape index (κ2) is 5.81. The van der Waals surface area contributed by atoms with E-state index in [1.165, 1.54) is 38.2 Å². The summed E-state index contributed by atoms with van der Waals surface area (Å²) in [4.78, 5) is 28.4. The van der Waals surface area contributed by atoms with Crippen LogP contribution in [-0.4, -0.2) is 28.4 Å². The van der Waals surface area contributed by atoms with Crippen LogP contribution >= 0.6 is 0 Å². The van der Waals surface area contributed by atoms with Crippen molar-refractivity contribution in [3.05, 3.63) is 34.2 Å². The summed E-state index contributed by atoms with van der Waals surface area (Å²) in [6.07, 6.45) is 10.3. The first kappa shape index (κ1) is 13.4. The van der Waals surface area contributed by atoms with Crippen molar-refractivity contribution in [1.29, 1.82) is 0 Å². The van der Waals surface area contributed by atoms with Crippen molar-refractivity contribution in [2.24, 2.45) is 5.92 Å². The molecule has 4 nitrogen and oxygen atoms in total. The summed E-state index contributed by atoms with van der Waals surface area (Å²) < 4.78 is 0. The van der Waals surface area contributed by atoms with Gasteiger partial charge in [-0.2, -0.15) is 0 Å². The molecule has 0 aromatic carbocycles. The number of hydrogen-bond acceptors (Lipinski definition) is 2. The number of nitrogens with one attached hydrogen (secondary N) is 1. The summed E-state index contributed by atoms with van der Waals surface area (Å²) in [5.74, 6) is 0.757. The Balaban J connectivity index is 1.75. The van der Waals surface area contributed by atoms with E-state index in [1.54, 1.807) is 12.3 Å². The van der Waals surface area contributed by atoms with E-state index in [1.807, 2.05) is 4.90 Å². The van der Waals surface area contributed by atoms with Crippen LogP contribution in [0.1, 0.15) is 55.3 Å². The number of pyridine rings is 1. The average Bonchev–Trinajstić information content (AvgIpc) is 2.97. The first-order valence-corrected chi connectivity index (χ1v) is 7.75. The van der Waals surface area contributed by atoms with Gasteiger partial charge in [-0.1, -0.05) is 19.3 Å². The smallest absolute Gasteiger partial charge is 0.255 e. The maximum atomic E-state index is 12.6. The van der Waals surface area contributed by atoms with E-state index in [4.69, 9.17) is 0 Å². The predicted octanol–water partition coefficient (Wildman–Crippen LogP) is 2.56. The van der Waals surface area contributed by atoms with E-state index in [-0.39, 0.29) is 11.5 Å². The van der Waals surface area contributed by atoms with Crippen LogP contribution in [0.5, 0.6) is 0 Å². The number of nitrogens with zero attached hydrogens (tertiary/aromatic N) is 1. The van der Waals surface area contributed by atoms with Crippen LogP contribution in [0.15, 0.2) is 23.1 Å². The van der Waals surface area contributed by atoms with Gasteiger partial charge in [0.15, 0.2) is 0 Å². The quantitative estimate of drug-likeness (QED) is 0.901. The van der Waals surface area contributed by atoms with E-state index in [2.05, 4.69) is 4.98 Å². The Labute approximate surface area is 119 Å². The van der Waals surface area contributed by atoms with Crippen LogP contribution in [0.4, 0.5) is 0 Å². The number of amides is 1. The highest BCUT2D eigenvalue weighted by Gasteiger charge is 2.35.